The Morgan fingerprint density at radius 2 is 1.75 bits per heavy atom. The monoisotopic (exact) mass is 417 g/mol. The van der Waals surface area contributed by atoms with E-state index in [1.54, 1.807) is 24.3 Å². The molecular weight excluding hydrogens is 405 g/mol. The summed E-state index contributed by atoms with van der Waals surface area (Å²) < 4.78 is 38.8. The average molecular weight is 418 g/mol. The lowest BCUT2D eigenvalue weighted by atomic mass is 10.1. The van der Waals surface area contributed by atoms with Crippen LogP contribution in [0.1, 0.15) is 0 Å². The maximum atomic E-state index is 13.3. The maximum absolute atomic E-state index is 13.3. The molecule has 2 N–H and O–H groups in total. The number of aromatic nitrogens is 4. The summed E-state index contributed by atoms with van der Waals surface area (Å²) in [6.45, 7) is 0. The quantitative estimate of drug-likeness (QED) is 0.513. The third kappa shape index (κ3) is 3.08. The summed E-state index contributed by atoms with van der Waals surface area (Å²) in [7, 11) is -3.72. The molecule has 2 heterocycles. The van der Waals surface area contributed by atoms with Crippen molar-refractivity contribution in [3.8, 4) is 16.9 Å². The third-order valence-corrected chi connectivity index (χ3v) is 5.26. The summed E-state index contributed by atoms with van der Waals surface area (Å²) in [6, 6.07) is 12.4. The van der Waals surface area contributed by atoms with Gasteiger partial charge in [0.2, 0.25) is 15.0 Å². The highest BCUT2D eigenvalue weighted by atomic mass is 35.5. The number of fused-ring (bicyclic) bond motifs is 1. The predicted molar refractivity (Wildman–Crippen MR) is 105 cm³/mol. The maximum Gasteiger partial charge on any atom is 0.249 e. The van der Waals surface area contributed by atoms with E-state index >= 15 is 0 Å². The van der Waals surface area contributed by atoms with E-state index in [0.717, 1.165) is 6.26 Å². The number of hydrogen-bond donors (Lipinski definition) is 1. The van der Waals surface area contributed by atoms with Crippen molar-refractivity contribution in [3.63, 3.8) is 0 Å². The number of rotatable bonds is 3. The molecule has 0 saturated carbocycles. The van der Waals surface area contributed by atoms with Crippen LogP contribution in [0.5, 0.6) is 0 Å². The number of halogens is 2. The third-order valence-electron chi connectivity index (χ3n) is 4.08. The van der Waals surface area contributed by atoms with Crippen molar-refractivity contribution in [3.05, 3.63) is 59.4 Å². The fourth-order valence-electron chi connectivity index (χ4n) is 2.78. The van der Waals surface area contributed by atoms with E-state index in [2.05, 4.69) is 15.1 Å². The summed E-state index contributed by atoms with van der Waals surface area (Å²) in [5, 5.41) is 4.65. The number of hydrogen-bond acceptors (Lipinski definition) is 6. The molecule has 28 heavy (non-hydrogen) atoms. The van der Waals surface area contributed by atoms with Crippen molar-refractivity contribution >= 4 is 38.3 Å². The van der Waals surface area contributed by atoms with Gasteiger partial charge in [0.05, 0.1) is 16.8 Å². The number of nitrogens with two attached hydrogens (primary N) is 1. The first-order valence-electron chi connectivity index (χ1n) is 8.03. The molecule has 0 aliphatic heterocycles. The van der Waals surface area contributed by atoms with Gasteiger partial charge in [-0.1, -0.05) is 29.8 Å². The summed E-state index contributed by atoms with van der Waals surface area (Å²) in [5.74, 6) is -0.230. The Morgan fingerprint density at radius 3 is 2.39 bits per heavy atom. The second-order valence-electron chi connectivity index (χ2n) is 6.08. The molecule has 2 aromatic carbocycles. The Kier molecular flexibility index (Phi) is 4.28. The number of nitrogens with zero attached hydrogens (tertiary/aromatic N) is 4. The van der Waals surface area contributed by atoms with Gasteiger partial charge in [0.15, 0.2) is 5.65 Å². The van der Waals surface area contributed by atoms with Crippen LogP contribution in [0.3, 0.4) is 0 Å². The standard InChI is InChI=1S/C18H13ClFN5O2S/c1-28(26,27)18-22-15(12-4-2-3-5-13(12)19)14-16(21)25(24-17(14)23-18)11-8-6-10(20)7-9-11/h2-9H,21H2,1H3. The van der Waals surface area contributed by atoms with Crippen LogP contribution in [-0.4, -0.2) is 34.4 Å². The SMILES string of the molecule is CS(=O)(=O)c1nc(-c2ccccc2Cl)c2c(N)n(-c3ccc(F)cc3)nc2n1. The zero-order chi connectivity index (χ0) is 20.1. The average Bonchev–Trinajstić information content (AvgIpc) is 2.98. The van der Waals surface area contributed by atoms with Gasteiger partial charge in [-0.2, -0.15) is 4.98 Å². The Morgan fingerprint density at radius 1 is 1.07 bits per heavy atom. The van der Waals surface area contributed by atoms with E-state index in [0.29, 0.717) is 21.7 Å². The van der Waals surface area contributed by atoms with Gasteiger partial charge in [-0.05, 0) is 30.3 Å². The molecule has 0 bridgehead atoms. The van der Waals surface area contributed by atoms with Crippen molar-refractivity contribution in [1.82, 2.24) is 19.7 Å². The van der Waals surface area contributed by atoms with E-state index in [9.17, 15) is 12.8 Å². The van der Waals surface area contributed by atoms with E-state index in [1.807, 2.05) is 0 Å². The van der Waals surface area contributed by atoms with Crippen molar-refractivity contribution in [2.24, 2.45) is 0 Å². The van der Waals surface area contributed by atoms with E-state index < -0.39 is 20.8 Å². The van der Waals surface area contributed by atoms with Gasteiger partial charge in [0, 0.05) is 16.8 Å². The van der Waals surface area contributed by atoms with Crippen molar-refractivity contribution in [2.75, 3.05) is 12.0 Å². The summed E-state index contributed by atoms with van der Waals surface area (Å²) >= 11 is 6.30. The molecule has 0 radical (unpaired) electrons. The smallest absolute Gasteiger partial charge is 0.249 e. The van der Waals surface area contributed by atoms with Crippen LogP contribution >= 0.6 is 11.6 Å². The lowest BCUT2D eigenvalue weighted by molar-refractivity contribution is 0.593. The molecule has 2 aromatic heterocycles. The molecule has 10 heteroatoms. The Balaban J connectivity index is 2.09. The predicted octanol–water partition coefficient (Wildman–Crippen LogP) is 3.26. The zero-order valence-electron chi connectivity index (χ0n) is 14.5. The van der Waals surface area contributed by atoms with E-state index in [4.69, 9.17) is 17.3 Å². The largest absolute Gasteiger partial charge is 0.383 e. The minimum absolute atomic E-state index is 0.0900. The Bertz CT molecular complexity index is 1320. The van der Waals surface area contributed by atoms with Gasteiger partial charge in [-0.15, -0.1) is 5.10 Å². The molecule has 0 unspecified atom stereocenters. The summed E-state index contributed by atoms with van der Waals surface area (Å²) in [5.41, 5.74) is 7.61. The number of nitrogen functional groups attached to an aromatic ring is 1. The van der Waals surface area contributed by atoms with Crippen molar-refractivity contribution < 1.29 is 12.8 Å². The molecule has 0 fully saturated rings. The Hall–Kier alpha value is -3.04. The fourth-order valence-corrected chi connectivity index (χ4v) is 3.52. The van der Waals surface area contributed by atoms with Crippen LogP contribution in [0.15, 0.2) is 53.7 Å². The first-order chi connectivity index (χ1) is 13.3. The minimum atomic E-state index is -3.72. The first-order valence-corrected chi connectivity index (χ1v) is 10.3. The van der Waals surface area contributed by atoms with Crippen LogP contribution in [0.4, 0.5) is 10.2 Å². The zero-order valence-corrected chi connectivity index (χ0v) is 16.0. The highest BCUT2D eigenvalue weighted by molar-refractivity contribution is 7.90. The van der Waals surface area contributed by atoms with Crippen molar-refractivity contribution in [1.29, 1.82) is 0 Å². The second kappa shape index (κ2) is 6.54. The molecule has 0 aliphatic rings. The van der Waals surface area contributed by atoms with Gasteiger partial charge in [0.25, 0.3) is 0 Å². The molecule has 0 spiro atoms. The van der Waals surface area contributed by atoms with Gasteiger partial charge in [-0.25, -0.2) is 22.5 Å². The van der Waals surface area contributed by atoms with Gasteiger partial charge < -0.3 is 5.73 Å². The highest BCUT2D eigenvalue weighted by Crippen LogP contribution is 2.35. The summed E-state index contributed by atoms with van der Waals surface area (Å²) in [6.07, 6.45) is 1.00. The van der Waals surface area contributed by atoms with Gasteiger partial charge >= 0.3 is 0 Å². The first kappa shape index (κ1) is 18.3. The van der Waals surface area contributed by atoms with Gasteiger partial charge in [0.1, 0.15) is 11.6 Å². The van der Waals surface area contributed by atoms with Gasteiger partial charge in [-0.3, -0.25) is 0 Å². The molecular formula is C18H13ClFN5O2S. The molecule has 0 amide bonds. The number of anilines is 1. The Labute approximate surface area is 164 Å². The molecule has 7 nitrogen and oxygen atoms in total. The molecule has 142 valence electrons. The van der Waals surface area contributed by atoms with Crippen molar-refractivity contribution in [2.45, 2.75) is 5.16 Å². The molecule has 4 rings (SSSR count). The van der Waals surface area contributed by atoms with Crippen LogP contribution < -0.4 is 5.73 Å². The van der Waals surface area contributed by atoms with E-state index in [1.165, 1.54) is 28.9 Å². The second-order valence-corrected chi connectivity index (χ2v) is 8.40. The molecule has 0 saturated heterocycles. The highest BCUT2D eigenvalue weighted by Gasteiger charge is 2.23. The van der Waals surface area contributed by atoms with Crippen LogP contribution in [0.2, 0.25) is 5.02 Å². The fraction of sp³-hybridized carbons (Fsp3) is 0.0556. The normalized spacial score (nSPS) is 11.8. The molecule has 0 atom stereocenters. The number of sulfone groups is 1. The van der Waals surface area contributed by atoms with Crippen LogP contribution in [0, 0.1) is 5.82 Å². The summed E-state index contributed by atoms with van der Waals surface area (Å²) in [4.78, 5) is 8.27. The van der Waals surface area contributed by atoms with Crippen LogP contribution in [-0.2, 0) is 9.84 Å². The molecule has 4 aromatic rings. The lowest BCUT2D eigenvalue weighted by Crippen LogP contribution is -2.06. The number of benzene rings is 2. The topological polar surface area (TPSA) is 104 Å². The molecule has 0 aliphatic carbocycles. The minimum Gasteiger partial charge on any atom is -0.383 e. The van der Waals surface area contributed by atoms with E-state index in [-0.39, 0.29) is 17.2 Å². The van der Waals surface area contributed by atoms with Crippen LogP contribution in [0.25, 0.3) is 28.0 Å². The lowest BCUT2D eigenvalue weighted by Gasteiger charge is -2.07.